The molecule has 6 nitrogen and oxygen atoms in total. The summed E-state index contributed by atoms with van der Waals surface area (Å²) in [5.74, 6) is 0.116. The van der Waals surface area contributed by atoms with Crippen LogP contribution < -0.4 is 9.64 Å². The van der Waals surface area contributed by atoms with Gasteiger partial charge in [0, 0.05) is 40.4 Å². The van der Waals surface area contributed by atoms with Gasteiger partial charge >= 0.3 is 6.61 Å². The van der Waals surface area contributed by atoms with Crippen molar-refractivity contribution in [1.29, 1.82) is 4.78 Å². The Hall–Kier alpha value is -2.39. The van der Waals surface area contributed by atoms with Crippen molar-refractivity contribution >= 4 is 38.1 Å². The van der Waals surface area contributed by atoms with Crippen molar-refractivity contribution in [1.82, 2.24) is 9.97 Å². The third kappa shape index (κ3) is 3.83. The number of anilines is 1. The molecule has 10 heteroatoms. The molecule has 0 amide bonds. The molecule has 1 atom stereocenters. The number of hydrogen-bond donors (Lipinski definition) is 2. The van der Waals surface area contributed by atoms with Crippen LogP contribution in [0.25, 0.3) is 22.3 Å². The smallest absolute Gasteiger partial charge is 0.387 e. The topological polar surface area (TPSA) is 82.1 Å². The molecule has 1 saturated heterocycles. The largest absolute Gasteiger partial charge is 0.433 e. The first kappa shape index (κ1) is 20.9. The molecule has 0 aliphatic carbocycles. The van der Waals surface area contributed by atoms with Crippen LogP contribution in [0.2, 0.25) is 5.02 Å². The molecule has 1 aromatic carbocycles. The summed E-state index contributed by atoms with van der Waals surface area (Å²) in [5.41, 5.74) is 2.60. The van der Waals surface area contributed by atoms with Gasteiger partial charge in [-0.15, -0.1) is 0 Å². The summed E-state index contributed by atoms with van der Waals surface area (Å²) >= 11 is 6.63. The van der Waals surface area contributed by atoms with Gasteiger partial charge in [0.15, 0.2) is 0 Å². The lowest BCUT2D eigenvalue weighted by Gasteiger charge is -2.22. The average Bonchev–Trinajstić information content (AvgIpc) is 3.36. The number of nitrogens with zero attached hydrogens (tertiary/aromatic N) is 2. The Morgan fingerprint density at radius 3 is 2.73 bits per heavy atom. The van der Waals surface area contributed by atoms with Gasteiger partial charge in [-0.1, -0.05) is 18.5 Å². The first-order valence-corrected chi connectivity index (χ1v) is 11.7. The van der Waals surface area contributed by atoms with Crippen molar-refractivity contribution < 1.29 is 17.7 Å². The van der Waals surface area contributed by atoms with Gasteiger partial charge in [-0.2, -0.15) is 8.78 Å². The molecule has 0 bridgehead atoms. The van der Waals surface area contributed by atoms with Gasteiger partial charge < -0.3 is 14.6 Å². The predicted molar refractivity (Wildman–Crippen MR) is 114 cm³/mol. The first-order chi connectivity index (χ1) is 14.3. The standard InChI is InChI=1S/C20H21ClF2N4O2S/c1-2-30(24,28)13-5-6-16(27-7-3-4-8-27)14(10-13)18-17(21)15-9-12(29-20(22)23)11-25-19(15)26-18/h5-6,9-11,20,24H,2-4,7-8H2,1H3,(H,25,26). The van der Waals surface area contributed by atoms with Crippen molar-refractivity contribution in [3.8, 4) is 17.0 Å². The molecule has 2 aromatic heterocycles. The fourth-order valence-electron chi connectivity index (χ4n) is 3.69. The van der Waals surface area contributed by atoms with Crippen LogP contribution in [0.1, 0.15) is 19.8 Å². The normalized spacial score (nSPS) is 16.4. The quantitative estimate of drug-likeness (QED) is 0.514. The van der Waals surface area contributed by atoms with Crippen LogP contribution in [0.5, 0.6) is 5.75 Å². The molecule has 3 aromatic rings. The summed E-state index contributed by atoms with van der Waals surface area (Å²) in [6.45, 7) is 0.532. The third-order valence-electron chi connectivity index (χ3n) is 5.26. The Balaban J connectivity index is 1.90. The highest BCUT2D eigenvalue weighted by atomic mass is 35.5. The van der Waals surface area contributed by atoms with E-state index in [-0.39, 0.29) is 11.5 Å². The molecule has 0 spiro atoms. The molecule has 0 radical (unpaired) electrons. The maximum absolute atomic E-state index is 12.7. The van der Waals surface area contributed by atoms with Gasteiger partial charge in [0.25, 0.3) is 0 Å². The van der Waals surface area contributed by atoms with E-state index in [0.717, 1.165) is 31.6 Å². The van der Waals surface area contributed by atoms with Crippen LogP contribution in [-0.4, -0.2) is 39.6 Å². The lowest BCUT2D eigenvalue weighted by molar-refractivity contribution is -0.0499. The van der Waals surface area contributed by atoms with Gasteiger partial charge in [-0.05, 0) is 37.1 Å². The van der Waals surface area contributed by atoms with Crippen molar-refractivity contribution in [2.45, 2.75) is 31.3 Å². The number of nitrogens with one attached hydrogen (secondary N) is 2. The maximum atomic E-state index is 12.7. The third-order valence-corrected chi connectivity index (χ3v) is 7.48. The molecular formula is C20H21ClF2N4O2S. The fraction of sp³-hybridized carbons (Fsp3) is 0.350. The van der Waals surface area contributed by atoms with Crippen LogP contribution in [0.3, 0.4) is 0 Å². The molecule has 3 heterocycles. The van der Waals surface area contributed by atoms with E-state index >= 15 is 0 Å². The van der Waals surface area contributed by atoms with Gasteiger partial charge in [0.1, 0.15) is 11.4 Å². The zero-order valence-electron chi connectivity index (χ0n) is 16.3. The summed E-state index contributed by atoms with van der Waals surface area (Å²) in [4.78, 5) is 9.95. The lowest BCUT2D eigenvalue weighted by Crippen LogP contribution is -2.18. The Bertz CT molecular complexity index is 1190. The van der Waals surface area contributed by atoms with Crippen LogP contribution in [-0.2, 0) is 9.73 Å². The first-order valence-electron chi connectivity index (χ1n) is 9.58. The highest BCUT2D eigenvalue weighted by Gasteiger charge is 2.23. The predicted octanol–water partition coefficient (Wildman–Crippen LogP) is 5.51. The molecule has 1 aliphatic rings. The van der Waals surface area contributed by atoms with Crippen molar-refractivity contribution in [3.05, 3.63) is 35.5 Å². The molecular weight excluding hydrogens is 434 g/mol. The average molecular weight is 455 g/mol. The van der Waals surface area contributed by atoms with E-state index in [1.165, 1.54) is 12.3 Å². The Kier molecular flexibility index (Phi) is 5.59. The number of ether oxygens (including phenoxy) is 1. The number of aromatic amines is 1. The van der Waals surface area contributed by atoms with Crippen LogP contribution >= 0.6 is 11.6 Å². The van der Waals surface area contributed by atoms with Crippen molar-refractivity contribution in [2.75, 3.05) is 23.7 Å². The van der Waals surface area contributed by atoms with Gasteiger partial charge in [-0.25, -0.2) is 14.0 Å². The molecule has 1 unspecified atom stereocenters. The molecule has 2 N–H and O–H groups in total. The summed E-state index contributed by atoms with van der Waals surface area (Å²) in [5, 5.41) is 0.757. The van der Waals surface area contributed by atoms with E-state index < -0.39 is 16.3 Å². The number of halogens is 3. The monoisotopic (exact) mass is 454 g/mol. The minimum absolute atomic E-state index is 0.0846. The summed E-state index contributed by atoms with van der Waals surface area (Å²) in [6, 6.07) is 6.76. The van der Waals surface area contributed by atoms with Crippen LogP contribution in [0, 0.1) is 4.78 Å². The Morgan fingerprint density at radius 1 is 1.33 bits per heavy atom. The zero-order valence-corrected chi connectivity index (χ0v) is 17.8. The molecule has 4 rings (SSSR count). The van der Waals surface area contributed by atoms with Crippen LogP contribution in [0.4, 0.5) is 14.5 Å². The number of aromatic nitrogens is 2. The summed E-state index contributed by atoms with van der Waals surface area (Å²) in [6.07, 6.45) is 3.35. The molecule has 30 heavy (non-hydrogen) atoms. The fourth-order valence-corrected chi connectivity index (χ4v) is 4.92. The van der Waals surface area contributed by atoms with E-state index in [1.807, 2.05) is 6.07 Å². The SMILES string of the molecule is CCS(=N)(=O)c1ccc(N2CCCC2)c(-c2[nH]c3ncc(OC(F)F)cc3c2Cl)c1. The number of alkyl halides is 2. The lowest BCUT2D eigenvalue weighted by atomic mass is 10.1. The minimum Gasteiger partial charge on any atom is -0.433 e. The van der Waals surface area contributed by atoms with E-state index in [4.69, 9.17) is 16.4 Å². The van der Waals surface area contributed by atoms with E-state index in [9.17, 15) is 13.0 Å². The van der Waals surface area contributed by atoms with Crippen molar-refractivity contribution in [2.24, 2.45) is 0 Å². The highest BCUT2D eigenvalue weighted by Crippen LogP contribution is 2.41. The second-order valence-electron chi connectivity index (χ2n) is 7.10. The minimum atomic E-state index is -2.96. The Labute approximate surface area is 178 Å². The summed E-state index contributed by atoms with van der Waals surface area (Å²) < 4.78 is 50.4. The number of fused-ring (bicyclic) bond motifs is 1. The van der Waals surface area contributed by atoms with Gasteiger partial charge in [0.2, 0.25) is 0 Å². The van der Waals surface area contributed by atoms with Crippen molar-refractivity contribution in [3.63, 3.8) is 0 Å². The number of pyridine rings is 1. The molecule has 160 valence electrons. The maximum Gasteiger partial charge on any atom is 0.387 e. The molecule has 1 fully saturated rings. The highest BCUT2D eigenvalue weighted by molar-refractivity contribution is 7.92. The number of hydrogen-bond acceptors (Lipinski definition) is 5. The molecule has 1 aliphatic heterocycles. The Morgan fingerprint density at radius 2 is 2.07 bits per heavy atom. The second kappa shape index (κ2) is 8.03. The van der Waals surface area contributed by atoms with E-state index in [1.54, 1.807) is 19.1 Å². The van der Waals surface area contributed by atoms with Crippen LogP contribution in [0.15, 0.2) is 35.4 Å². The second-order valence-corrected chi connectivity index (χ2v) is 9.87. The number of benzene rings is 1. The number of H-pyrrole nitrogens is 1. The van der Waals surface area contributed by atoms with E-state index in [0.29, 0.717) is 32.2 Å². The van der Waals surface area contributed by atoms with Gasteiger partial charge in [0.05, 0.1) is 26.6 Å². The zero-order chi connectivity index (χ0) is 21.5. The molecule has 0 saturated carbocycles. The van der Waals surface area contributed by atoms with Gasteiger partial charge in [-0.3, -0.25) is 0 Å². The summed E-state index contributed by atoms with van der Waals surface area (Å²) in [7, 11) is -2.93. The number of rotatable bonds is 6. The van der Waals surface area contributed by atoms with E-state index in [2.05, 4.69) is 19.6 Å².